The highest BCUT2D eigenvalue weighted by Gasteiger charge is 2.41. The molecule has 1 aliphatic rings. The van der Waals surface area contributed by atoms with Gasteiger partial charge in [0.05, 0.1) is 12.5 Å². The predicted octanol–water partition coefficient (Wildman–Crippen LogP) is 1.46. The number of ether oxygens (including phenoxy) is 1. The van der Waals surface area contributed by atoms with Gasteiger partial charge in [-0.25, -0.2) is 0 Å². The summed E-state index contributed by atoms with van der Waals surface area (Å²) in [4.78, 5) is 25.5. The fourth-order valence-electron chi connectivity index (χ4n) is 3.14. The summed E-state index contributed by atoms with van der Waals surface area (Å²) in [6.07, 6.45) is 2.67. The van der Waals surface area contributed by atoms with E-state index in [0.29, 0.717) is 6.42 Å². The Balaban J connectivity index is 1.94. The van der Waals surface area contributed by atoms with Crippen LogP contribution in [0.5, 0.6) is 0 Å². The summed E-state index contributed by atoms with van der Waals surface area (Å²) in [7, 11) is 1.41. The first-order valence-electron chi connectivity index (χ1n) is 7.73. The third kappa shape index (κ3) is 3.65. The van der Waals surface area contributed by atoms with Crippen LogP contribution in [0, 0.1) is 0 Å². The molecule has 1 amide bonds. The van der Waals surface area contributed by atoms with Crippen LogP contribution in [0.4, 0.5) is 0 Å². The van der Waals surface area contributed by atoms with E-state index in [9.17, 15) is 9.59 Å². The molecule has 1 heterocycles. The molecule has 0 aromatic heterocycles. The zero-order valence-corrected chi connectivity index (χ0v) is 13.1. The summed E-state index contributed by atoms with van der Waals surface area (Å²) >= 11 is 0. The molecule has 0 spiro atoms. The standard InChI is InChI=1S/C17H24N2O3/c1-22-15(20)8-5-11-19-12-9-17(10-13-19,16(18)21)14-6-3-2-4-7-14/h2-4,6-7H,5,8-13H2,1H3,(H2,18,21). The van der Waals surface area contributed by atoms with Gasteiger partial charge in [-0.2, -0.15) is 0 Å². The summed E-state index contributed by atoms with van der Waals surface area (Å²) in [5, 5.41) is 0. The molecular formula is C17H24N2O3. The maximum atomic E-state index is 12.1. The average molecular weight is 304 g/mol. The van der Waals surface area contributed by atoms with Gasteiger partial charge in [-0.05, 0) is 44.5 Å². The van der Waals surface area contributed by atoms with E-state index in [1.54, 1.807) is 0 Å². The largest absolute Gasteiger partial charge is 0.469 e. The highest BCUT2D eigenvalue weighted by Crippen LogP contribution is 2.35. The van der Waals surface area contributed by atoms with E-state index in [0.717, 1.165) is 44.5 Å². The number of nitrogens with two attached hydrogens (primary N) is 1. The van der Waals surface area contributed by atoms with Crippen LogP contribution in [-0.2, 0) is 19.7 Å². The molecule has 2 N–H and O–H groups in total. The smallest absolute Gasteiger partial charge is 0.305 e. The van der Waals surface area contributed by atoms with Crippen LogP contribution >= 0.6 is 0 Å². The number of carbonyl (C=O) groups is 2. The molecule has 0 radical (unpaired) electrons. The Hall–Kier alpha value is -1.88. The van der Waals surface area contributed by atoms with Crippen molar-refractivity contribution in [3.05, 3.63) is 35.9 Å². The monoisotopic (exact) mass is 304 g/mol. The number of piperidine rings is 1. The Morgan fingerprint density at radius 2 is 1.86 bits per heavy atom. The number of methoxy groups -OCH3 is 1. The molecule has 0 unspecified atom stereocenters. The van der Waals surface area contributed by atoms with Crippen LogP contribution in [0.15, 0.2) is 30.3 Å². The van der Waals surface area contributed by atoms with Gasteiger partial charge in [0.15, 0.2) is 0 Å². The first-order valence-corrected chi connectivity index (χ1v) is 7.73. The first kappa shape index (κ1) is 16.5. The zero-order chi connectivity index (χ0) is 16.0. The van der Waals surface area contributed by atoms with Gasteiger partial charge in [0, 0.05) is 6.42 Å². The number of esters is 1. The molecule has 0 saturated carbocycles. The number of hydrogen-bond donors (Lipinski definition) is 1. The van der Waals surface area contributed by atoms with Crippen molar-refractivity contribution in [1.29, 1.82) is 0 Å². The van der Waals surface area contributed by atoms with Gasteiger partial charge in [-0.15, -0.1) is 0 Å². The number of benzene rings is 1. The van der Waals surface area contributed by atoms with Crippen molar-refractivity contribution in [3.63, 3.8) is 0 Å². The average Bonchev–Trinajstić information content (AvgIpc) is 2.56. The summed E-state index contributed by atoms with van der Waals surface area (Å²) in [6, 6.07) is 9.81. The highest BCUT2D eigenvalue weighted by molar-refractivity contribution is 5.86. The number of carbonyl (C=O) groups excluding carboxylic acids is 2. The molecule has 1 aromatic rings. The minimum atomic E-state index is -0.555. The molecule has 22 heavy (non-hydrogen) atoms. The number of rotatable bonds is 6. The number of hydrogen-bond acceptors (Lipinski definition) is 4. The Labute approximate surface area is 131 Å². The van der Waals surface area contributed by atoms with Gasteiger partial charge < -0.3 is 15.4 Å². The van der Waals surface area contributed by atoms with E-state index < -0.39 is 5.41 Å². The molecule has 0 bridgehead atoms. The van der Waals surface area contributed by atoms with Gasteiger partial charge in [-0.1, -0.05) is 30.3 Å². The zero-order valence-electron chi connectivity index (χ0n) is 13.1. The summed E-state index contributed by atoms with van der Waals surface area (Å²) in [5.41, 5.74) is 6.17. The van der Waals surface area contributed by atoms with Crippen molar-refractivity contribution in [3.8, 4) is 0 Å². The SMILES string of the molecule is COC(=O)CCCN1CCC(C(N)=O)(c2ccccc2)CC1. The van der Waals surface area contributed by atoms with E-state index in [4.69, 9.17) is 5.73 Å². The topological polar surface area (TPSA) is 72.6 Å². The van der Waals surface area contributed by atoms with Crippen molar-refractivity contribution >= 4 is 11.9 Å². The molecule has 2 rings (SSSR count). The molecule has 0 aliphatic carbocycles. The normalized spacial score (nSPS) is 17.9. The van der Waals surface area contributed by atoms with E-state index in [2.05, 4.69) is 9.64 Å². The predicted molar refractivity (Wildman–Crippen MR) is 84.2 cm³/mol. The van der Waals surface area contributed by atoms with Crippen LogP contribution in [-0.4, -0.2) is 43.5 Å². The molecule has 5 heteroatoms. The molecule has 120 valence electrons. The molecule has 5 nitrogen and oxygen atoms in total. The fourth-order valence-corrected chi connectivity index (χ4v) is 3.14. The molecule has 0 atom stereocenters. The van der Waals surface area contributed by atoms with Gasteiger partial charge in [-0.3, -0.25) is 9.59 Å². The first-order chi connectivity index (χ1) is 10.6. The van der Waals surface area contributed by atoms with Crippen molar-refractivity contribution in [2.75, 3.05) is 26.7 Å². The van der Waals surface area contributed by atoms with Crippen LogP contribution in [0.3, 0.4) is 0 Å². The number of nitrogens with zero attached hydrogens (tertiary/aromatic N) is 1. The van der Waals surface area contributed by atoms with Gasteiger partial charge in [0.25, 0.3) is 0 Å². The third-order valence-electron chi connectivity index (χ3n) is 4.59. The Morgan fingerprint density at radius 3 is 2.41 bits per heavy atom. The van der Waals surface area contributed by atoms with Gasteiger partial charge in [0.1, 0.15) is 0 Å². The summed E-state index contributed by atoms with van der Waals surface area (Å²) < 4.78 is 4.64. The van der Waals surface area contributed by atoms with Gasteiger partial charge >= 0.3 is 5.97 Å². The lowest BCUT2D eigenvalue weighted by atomic mass is 9.72. The molecular weight excluding hydrogens is 280 g/mol. The van der Waals surface area contributed by atoms with Crippen LogP contribution in [0.1, 0.15) is 31.2 Å². The molecule has 1 fully saturated rings. The van der Waals surface area contributed by atoms with E-state index >= 15 is 0 Å². The lowest BCUT2D eigenvalue weighted by Gasteiger charge is -2.40. The second kappa shape index (κ2) is 7.40. The van der Waals surface area contributed by atoms with Crippen LogP contribution in [0.25, 0.3) is 0 Å². The third-order valence-corrected chi connectivity index (χ3v) is 4.59. The lowest BCUT2D eigenvalue weighted by molar-refractivity contribution is -0.140. The van der Waals surface area contributed by atoms with Crippen molar-refractivity contribution < 1.29 is 14.3 Å². The number of primary amides is 1. The minimum Gasteiger partial charge on any atom is -0.469 e. The second-order valence-electron chi connectivity index (χ2n) is 5.83. The summed E-state index contributed by atoms with van der Waals surface area (Å²) in [6.45, 7) is 2.48. The molecule has 1 aromatic carbocycles. The lowest BCUT2D eigenvalue weighted by Crippen LogP contribution is -2.50. The van der Waals surface area contributed by atoms with Crippen molar-refractivity contribution in [1.82, 2.24) is 4.90 Å². The van der Waals surface area contributed by atoms with Crippen molar-refractivity contribution in [2.45, 2.75) is 31.1 Å². The van der Waals surface area contributed by atoms with Crippen LogP contribution in [0.2, 0.25) is 0 Å². The highest BCUT2D eigenvalue weighted by atomic mass is 16.5. The minimum absolute atomic E-state index is 0.173. The van der Waals surface area contributed by atoms with Crippen LogP contribution < -0.4 is 5.73 Å². The fraction of sp³-hybridized carbons (Fsp3) is 0.529. The van der Waals surface area contributed by atoms with E-state index in [-0.39, 0.29) is 11.9 Å². The maximum absolute atomic E-state index is 12.1. The Kier molecular flexibility index (Phi) is 5.55. The van der Waals surface area contributed by atoms with E-state index in [1.165, 1.54) is 7.11 Å². The quantitative estimate of drug-likeness (QED) is 0.808. The molecule has 1 saturated heterocycles. The Bertz CT molecular complexity index is 508. The number of likely N-dealkylation sites (tertiary alicyclic amines) is 1. The van der Waals surface area contributed by atoms with E-state index in [1.807, 2.05) is 30.3 Å². The number of amides is 1. The van der Waals surface area contributed by atoms with Gasteiger partial charge in [0.2, 0.25) is 5.91 Å². The maximum Gasteiger partial charge on any atom is 0.305 e. The summed E-state index contributed by atoms with van der Waals surface area (Å²) in [5.74, 6) is -0.416. The second-order valence-corrected chi connectivity index (χ2v) is 5.83. The van der Waals surface area contributed by atoms with Crippen molar-refractivity contribution in [2.24, 2.45) is 5.73 Å². The Morgan fingerprint density at radius 1 is 1.23 bits per heavy atom. The molecule has 1 aliphatic heterocycles.